The number of imidazole rings is 1. The molecule has 2 atom stereocenters. The van der Waals surface area contributed by atoms with Crippen molar-refractivity contribution in [1.29, 1.82) is 0 Å². The molecule has 6 heteroatoms. The van der Waals surface area contributed by atoms with Crippen LogP contribution in [0.1, 0.15) is 18.7 Å². The first kappa shape index (κ1) is 15.6. The number of ether oxygens (including phenoxy) is 1. The minimum Gasteiger partial charge on any atom is -0.374 e. The Kier molecular flexibility index (Phi) is 4.49. The molecule has 0 amide bonds. The summed E-state index contributed by atoms with van der Waals surface area (Å²) in [5.74, 6) is 1.13. The van der Waals surface area contributed by atoms with Gasteiger partial charge in [0.15, 0.2) is 0 Å². The van der Waals surface area contributed by atoms with E-state index in [1.807, 2.05) is 30.9 Å². The van der Waals surface area contributed by atoms with Gasteiger partial charge in [0, 0.05) is 45.3 Å². The van der Waals surface area contributed by atoms with E-state index < -0.39 is 0 Å². The Morgan fingerprint density at radius 1 is 1.21 bits per heavy atom. The maximum atomic E-state index is 6.11. The summed E-state index contributed by atoms with van der Waals surface area (Å²) in [5.41, 5.74) is 1.22. The van der Waals surface area contributed by atoms with E-state index in [0.717, 1.165) is 51.5 Å². The van der Waals surface area contributed by atoms with E-state index in [-0.39, 0.29) is 0 Å². The van der Waals surface area contributed by atoms with Crippen molar-refractivity contribution in [3.8, 4) is 0 Å². The average molecular weight is 327 g/mol. The third-order valence-corrected chi connectivity index (χ3v) is 5.23. The lowest BCUT2D eigenvalue weighted by atomic mass is 10.0. The predicted octanol–water partition coefficient (Wildman–Crippen LogP) is 1.68. The van der Waals surface area contributed by atoms with Gasteiger partial charge in [0.25, 0.3) is 0 Å². The summed E-state index contributed by atoms with van der Waals surface area (Å²) in [6.45, 7) is 4.81. The van der Waals surface area contributed by atoms with Crippen LogP contribution in [0.4, 0.5) is 5.69 Å². The molecule has 0 spiro atoms. The highest BCUT2D eigenvalue weighted by atomic mass is 16.5. The zero-order valence-electron chi connectivity index (χ0n) is 14.2. The Bertz CT molecular complexity index is 658. The molecule has 2 saturated heterocycles. The Hall–Kier alpha value is -1.92. The van der Waals surface area contributed by atoms with Gasteiger partial charge < -0.3 is 14.2 Å². The van der Waals surface area contributed by atoms with Crippen molar-refractivity contribution in [2.45, 2.75) is 31.5 Å². The highest BCUT2D eigenvalue weighted by molar-refractivity contribution is 5.45. The maximum absolute atomic E-state index is 6.11. The van der Waals surface area contributed by atoms with Crippen LogP contribution in [-0.4, -0.2) is 57.8 Å². The molecule has 0 aliphatic carbocycles. The van der Waals surface area contributed by atoms with Crippen molar-refractivity contribution in [1.82, 2.24) is 19.4 Å². The van der Waals surface area contributed by atoms with Crippen LogP contribution in [0.25, 0.3) is 0 Å². The lowest BCUT2D eigenvalue weighted by Crippen LogP contribution is -2.51. The summed E-state index contributed by atoms with van der Waals surface area (Å²) in [6, 6.07) is 4.62. The number of hydrogen-bond donors (Lipinski definition) is 0. The van der Waals surface area contributed by atoms with Crippen LogP contribution in [0.2, 0.25) is 0 Å². The first-order valence-electron chi connectivity index (χ1n) is 8.78. The van der Waals surface area contributed by atoms with Crippen molar-refractivity contribution in [3.63, 3.8) is 0 Å². The van der Waals surface area contributed by atoms with Crippen LogP contribution in [0.15, 0.2) is 36.9 Å². The minimum absolute atomic E-state index is 0.310. The highest BCUT2D eigenvalue weighted by Gasteiger charge is 2.35. The van der Waals surface area contributed by atoms with Gasteiger partial charge in [-0.15, -0.1) is 0 Å². The SMILES string of the molecule is Cn1ccnc1CN1CCC2OCCN(c3cccnc3)C2CC1. The molecular formula is C18H25N5O. The van der Waals surface area contributed by atoms with Gasteiger partial charge in [-0.25, -0.2) is 4.98 Å². The number of anilines is 1. The summed E-state index contributed by atoms with van der Waals surface area (Å²) in [5, 5.41) is 0. The van der Waals surface area contributed by atoms with E-state index in [4.69, 9.17) is 4.74 Å². The summed E-state index contributed by atoms with van der Waals surface area (Å²) >= 11 is 0. The summed E-state index contributed by atoms with van der Waals surface area (Å²) < 4.78 is 8.22. The standard InChI is InChI=1S/C18H25N5O/c1-21-10-7-20-18(21)14-22-8-4-16-17(5-9-22)24-12-11-23(16)15-3-2-6-19-13-15/h2-3,6-7,10,13,16-17H,4-5,8-9,11-12,14H2,1H3. The Morgan fingerprint density at radius 2 is 2.12 bits per heavy atom. The van der Waals surface area contributed by atoms with Gasteiger partial charge in [-0.1, -0.05) is 0 Å². The monoisotopic (exact) mass is 327 g/mol. The fraction of sp³-hybridized carbons (Fsp3) is 0.556. The predicted molar refractivity (Wildman–Crippen MR) is 92.8 cm³/mol. The van der Waals surface area contributed by atoms with Gasteiger partial charge in [-0.3, -0.25) is 9.88 Å². The summed E-state index contributed by atoms with van der Waals surface area (Å²) in [7, 11) is 2.06. The molecule has 2 aromatic rings. The quantitative estimate of drug-likeness (QED) is 0.858. The summed E-state index contributed by atoms with van der Waals surface area (Å²) in [6.07, 6.45) is 10.2. The number of rotatable bonds is 3. The number of aromatic nitrogens is 3. The molecule has 0 N–H and O–H groups in total. The lowest BCUT2D eigenvalue weighted by molar-refractivity contribution is 0.00890. The Balaban J connectivity index is 1.47. The van der Waals surface area contributed by atoms with Gasteiger partial charge >= 0.3 is 0 Å². The molecule has 6 nitrogen and oxygen atoms in total. The van der Waals surface area contributed by atoms with Gasteiger partial charge in [-0.05, 0) is 25.0 Å². The second-order valence-corrected chi connectivity index (χ2v) is 6.69. The van der Waals surface area contributed by atoms with Crippen molar-refractivity contribution in [3.05, 3.63) is 42.7 Å². The zero-order valence-corrected chi connectivity index (χ0v) is 14.2. The fourth-order valence-corrected chi connectivity index (χ4v) is 3.89. The van der Waals surface area contributed by atoms with Crippen molar-refractivity contribution in [2.75, 3.05) is 31.1 Å². The van der Waals surface area contributed by atoms with Crippen molar-refractivity contribution >= 4 is 5.69 Å². The minimum atomic E-state index is 0.310. The van der Waals surface area contributed by atoms with E-state index in [1.165, 1.54) is 5.69 Å². The molecule has 0 aromatic carbocycles. The topological polar surface area (TPSA) is 46.4 Å². The highest BCUT2D eigenvalue weighted by Crippen LogP contribution is 2.28. The van der Waals surface area contributed by atoms with E-state index >= 15 is 0 Å². The second kappa shape index (κ2) is 6.91. The number of pyridine rings is 1. The molecule has 2 aliphatic rings. The van der Waals surface area contributed by atoms with E-state index in [0.29, 0.717) is 12.1 Å². The van der Waals surface area contributed by atoms with E-state index in [2.05, 4.69) is 37.4 Å². The molecule has 4 rings (SSSR count). The molecule has 128 valence electrons. The molecule has 2 aliphatic heterocycles. The molecule has 2 unspecified atom stereocenters. The molecule has 24 heavy (non-hydrogen) atoms. The lowest BCUT2D eigenvalue weighted by Gasteiger charge is -2.41. The first-order chi connectivity index (χ1) is 11.8. The van der Waals surface area contributed by atoms with Crippen molar-refractivity contribution < 1.29 is 4.74 Å². The van der Waals surface area contributed by atoms with Crippen LogP contribution in [-0.2, 0) is 18.3 Å². The third kappa shape index (κ3) is 3.16. The number of hydrogen-bond acceptors (Lipinski definition) is 5. The largest absolute Gasteiger partial charge is 0.374 e. The summed E-state index contributed by atoms with van der Waals surface area (Å²) in [4.78, 5) is 13.8. The van der Waals surface area contributed by atoms with Gasteiger partial charge in [0.2, 0.25) is 0 Å². The van der Waals surface area contributed by atoms with Crippen molar-refractivity contribution in [2.24, 2.45) is 7.05 Å². The normalized spacial score (nSPS) is 25.3. The van der Waals surface area contributed by atoms with Crippen LogP contribution < -0.4 is 4.90 Å². The second-order valence-electron chi connectivity index (χ2n) is 6.69. The number of nitrogens with zero attached hydrogens (tertiary/aromatic N) is 5. The number of fused-ring (bicyclic) bond motifs is 1. The zero-order chi connectivity index (χ0) is 16.4. The van der Waals surface area contributed by atoms with Gasteiger partial charge in [0.1, 0.15) is 5.82 Å². The van der Waals surface area contributed by atoms with Crippen LogP contribution in [0.5, 0.6) is 0 Å². The van der Waals surface area contributed by atoms with Gasteiger partial charge in [-0.2, -0.15) is 0 Å². The molecule has 0 saturated carbocycles. The molecular weight excluding hydrogens is 302 g/mol. The molecule has 2 aromatic heterocycles. The Morgan fingerprint density at radius 3 is 2.92 bits per heavy atom. The van der Waals surface area contributed by atoms with Crippen LogP contribution in [0.3, 0.4) is 0 Å². The van der Waals surface area contributed by atoms with Crippen LogP contribution >= 0.6 is 0 Å². The van der Waals surface area contributed by atoms with E-state index in [9.17, 15) is 0 Å². The number of morpholine rings is 1. The molecule has 4 heterocycles. The number of likely N-dealkylation sites (tertiary alicyclic amines) is 1. The van der Waals surface area contributed by atoms with Gasteiger partial charge in [0.05, 0.1) is 37.2 Å². The van der Waals surface area contributed by atoms with E-state index in [1.54, 1.807) is 0 Å². The molecule has 2 fully saturated rings. The fourth-order valence-electron chi connectivity index (χ4n) is 3.89. The Labute approximate surface area is 143 Å². The third-order valence-electron chi connectivity index (χ3n) is 5.23. The maximum Gasteiger partial charge on any atom is 0.122 e. The smallest absolute Gasteiger partial charge is 0.122 e. The molecule has 0 bridgehead atoms. The van der Waals surface area contributed by atoms with Crippen LogP contribution in [0, 0.1) is 0 Å². The molecule has 0 radical (unpaired) electrons. The first-order valence-corrected chi connectivity index (χ1v) is 8.78. The average Bonchev–Trinajstić information content (AvgIpc) is 2.90. The number of aryl methyl sites for hydroxylation is 1.